The fourth-order valence-electron chi connectivity index (χ4n) is 4.70. The molecule has 2 atom stereocenters. The molecule has 2 aliphatic carbocycles. The summed E-state index contributed by atoms with van der Waals surface area (Å²) in [5, 5.41) is 0. The van der Waals surface area contributed by atoms with Gasteiger partial charge < -0.3 is 4.90 Å². The summed E-state index contributed by atoms with van der Waals surface area (Å²) in [4.78, 5) is 1.57. The summed E-state index contributed by atoms with van der Waals surface area (Å²) < 4.78 is 86.6. The third-order valence-electron chi connectivity index (χ3n) is 6.44. The summed E-state index contributed by atoms with van der Waals surface area (Å²) >= 11 is 1.37. The smallest absolute Gasteiger partial charge is 0.362 e. The van der Waals surface area contributed by atoms with Crippen LogP contribution in [0.2, 0.25) is 0 Å². The van der Waals surface area contributed by atoms with Gasteiger partial charge in [0, 0.05) is 23.9 Å². The number of halogens is 6. The molecule has 1 nitrogen and oxygen atoms in total. The van der Waals surface area contributed by atoms with Crippen molar-refractivity contribution in [3.8, 4) is 0 Å². The lowest BCUT2D eigenvalue weighted by Gasteiger charge is -2.57. The lowest BCUT2D eigenvalue weighted by Crippen LogP contribution is -2.58. The Kier molecular flexibility index (Phi) is 3.05. The van der Waals surface area contributed by atoms with Crippen LogP contribution in [0, 0.1) is 5.41 Å². The highest BCUT2D eigenvalue weighted by molar-refractivity contribution is 8.04. The van der Waals surface area contributed by atoms with Crippen LogP contribution in [0.15, 0.2) is 45.0 Å². The maximum Gasteiger partial charge on any atom is 0.380 e. The van der Waals surface area contributed by atoms with E-state index in [2.05, 4.69) is 0 Å². The molecule has 0 unspecified atom stereocenters. The predicted molar refractivity (Wildman–Crippen MR) is 88.3 cm³/mol. The molecule has 2 heterocycles. The fraction of sp³-hybridized carbons (Fsp3) is 0.556. The second kappa shape index (κ2) is 4.39. The summed E-state index contributed by atoms with van der Waals surface area (Å²) in [5.41, 5.74) is -3.34. The Morgan fingerprint density at radius 3 is 1.81 bits per heavy atom. The Hall–Kier alpha value is -1.31. The lowest BCUT2D eigenvalue weighted by atomic mass is 9.68. The number of allylic oxidation sites excluding steroid dienone is 6. The van der Waals surface area contributed by atoms with Crippen molar-refractivity contribution in [2.45, 2.75) is 50.3 Å². The van der Waals surface area contributed by atoms with E-state index in [4.69, 9.17) is 0 Å². The molecule has 0 saturated heterocycles. The number of fused-ring (bicyclic) bond motifs is 1. The zero-order chi connectivity index (χ0) is 19.7. The monoisotopic (exact) mass is 393 g/mol. The molecular formula is C18H17F6NS. The molecule has 1 fully saturated rings. The molecule has 142 valence electrons. The molecule has 0 aromatic carbocycles. The van der Waals surface area contributed by atoms with Crippen LogP contribution in [-0.4, -0.2) is 34.6 Å². The summed E-state index contributed by atoms with van der Waals surface area (Å²) in [6.07, 6.45) is 2.72. The molecule has 0 radical (unpaired) electrons. The largest absolute Gasteiger partial charge is 0.380 e. The first-order valence-electron chi connectivity index (χ1n) is 8.09. The second-order valence-corrected chi connectivity index (χ2v) is 9.25. The Balaban J connectivity index is 2.22. The van der Waals surface area contributed by atoms with Crippen molar-refractivity contribution in [2.75, 3.05) is 7.05 Å². The molecule has 2 aliphatic heterocycles. The van der Waals surface area contributed by atoms with Crippen LogP contribution in [-0.2, 0) is 0 Å². The van der Waals surface area contributed by atoms with Gasteiger partial charge in [0.15, 0.2) is 0 Å². The zero-order valence-electron chi connectivity index (χ0n) is 14.8. The minimum atomic E-state index is -5.46. The van der Waals surface area contributed by atoms with Gasteiger partial charge in [0.1, 0.15) is 4.87 Å². The fourth-order valence-corrected chi connectivity index (χ4v) is 6.21. The summed E-state index contributed by atoms with van der Waals surface area (Å²) in [7, 11) is 1.76. The van der Waals surface area contributed by atoms with E-state index in [1.165, 1.54) is 23.9 Å². The third-order valence-corrected chi connectivity index (χ3v) is 7.96. The highest BCUT2D eigenvalue weighted by Gasteiger charge is 2.84. The van der Waals surface area contributed by atoms with Gasteiger partial charge in [0.05, 0.1) is 5.41 Å². The second-order valence-electron chi connectivity index (χ2n) is 7.61. The van der Waals surface area contributed by atoms with E-state index in [9.17, 15) is 26.3 Å². The van der Waals surface area contributed by atoms with Crippen molar-refractivity contribution >= 4 is 11.8 Å². The average molecular weight is 393 g/mol. The molecule has 0 bridgehead atoms. The van der Waals surface area contributed by atoms with Gasteiger partial charge in [-0.3, -0.25) is 0 Å². The van der Waals surface area contributed by atoms with Crippen molar-refractivity contribution in [1.29, 1.82) is 0 Å². The predicted octanol–water partition coefficient (Wildman–Crippen LogP) is 5.74. The topological polar surface area (TPSA) is 3.24 Å². The minimum absolute atomic E-state index is 0.126. The van der Waals surface area contributed by atoms with Crippen molar-refractivity contribution in [1.82, 2.24) is 4.90 Å². The molecule has 26 heavy (non-hydrogen) atoms. The minimum Gasteiger partial charge on any atom is -0.362 e. The summed E-state index contributed by atoms with van der Waals surface area (Å²) in [6, 6.07) is 0. The first-order valence-corrected chi connectivity index (χ1v) is 8.91. The number of alkyl halides is 6. The van der Waals surface area contributed by atoms with E-state index in [0.29, 0.717) is 10.6 Å². The molecule has 4 aliphatic rings. The lowest BCUT2D eigenvalue weighted by molar-refractivity contribution is -0.258. The molecule has 0 N–H and O–H groups in total. The Morgan fingerprint density at radius 2 is 1.31 bits per heavy atom. The van der Waals surface area contributed by atoms with Crippen LogP contribution in [0.3, 0.4) is 0 Å². The first-order chi connectivity index (χ1) is 11.7. The molecule has 0 aromatic rings. The SMILES string of the molecule is CC1=CC2=C3C(=C4C=C(C)N(C)[C@](C)(S1)[C@@]24C)C(F)(F)C(F)(F)C3(F)F. The third kappa shape index (κ3) is 1.49. The first kappa shape index (κ1) is 18.1. The van der Waals surface area contributed by atoms with Gasteiger partial charge in [-0.15, -0.1) is 11.8 Å². The molecule has 0 aromatic heterocycles. The number of thioether (sulfide) groups is 1. The molecular weight excluding hydrogens is 376 g/mol. The molecule has 1 saturated carbocycles. The summed E-state index contributed by atoms with van der Waals surface area (Å²) in [6.45, 7) is 6.70. The van der Waals surface area contributed by atoms with Crippen molar-refractivity contribution in [2.24, 2.45) is 5.41 Å². The summed E-state index contributed by atoms with van der Waals surface area (Å²) in [5.74, 6) is -15.3. The Morgan fingerprint density at radius 1 is 0.846 bits per heavy atom. The van der Waals surface area contributed by atoms with E-state index >= 15 is 0 Å². The quantitative estimate of drug-likeness (QED) is 0.483. The van der Waals surface area contributed by atoms with E-state index in [1.807, 2.05) is 4.90 Å². The van der Waals surface area contributed by atoms with Crippen LogP contribution >= 0.6 is 11.8 Å². The van der Waals surface area contributed by atoms with Gasteiger partial charge >= 0.3 is 17.8 Å². The van der Waals surface area contributed by atoms with E-state index in [-0.39, 0.29) is 11.1 Å². The highest BCUT2D eigenvalue weighted by Crippen LogP contribution is 2.74. The van der Waals surface area contributed by atoms with Gasteiger partial charge in [-0.05, 0) is 55.9 Å². The van der Waals surface area contributed by atoms with E-state index < -0.39 is 39.2 Å². The molecule has 4 rings (SSSR count). The molecule has 0 spiro atoms. The Bertz CT molecular complexity index is 880. The van der Waals surface area contributed by atoms with Crippen molar-refractivity contribution in [3.05, 3.63) is 45.0 Å². The standard InChI is InChI=1S/C18H17F6NS/c1-8-6-10-12-13(17(21,22)18(23,24)16(12,19)20)11-7-9(2)26-15(4,25(8)5)14(10,11)3/h6-7H,1-5H3/t14-,15-/m1/s1. The molecule has 0 amide bonds. The van der Waals surface area contributed by atoms with Crippen LogP contribution in [0.25, 0.3) is 0 Å². The van der Waals surface area contributed by atoms with Crippen LogP contribution in [0.5, 0.6) is 0 Å². The van der Waals surface area contributed by atoms with Gasteiger partial charge in [0.2, 0.25) is 0 Å². The number of hydrogen-bond donors (Lipinski definition) is 0. The number of hydrogen-bond acceptors (Lipinski definition) is 2. The normalized spacial score (nSPS) is 39.0. The van der Waals surface area contributed by atoms with Gasteiger partial charge in [0.25, 0.3) is 0 Å². The van der Waals surface area contributed by atoms with Gasteiger partial charge in [-0.1, -0.05) is 0 Å². The number of nitrogens with zero attached hydrogens (tertiary/aromatic N) is 1. The van der Waals surface area contributed by atoms with Crippen molar-refractivity contribution < 1.29 is 26.3 Å². The van der Waals surface area contributed by atoms with Gasteiger partial charge in [-0.25, -0.2) is 0 Å². The van der Waals surface area contributed by atoms with Crippen LogP contribution in [0.4, 0.5) is 26.3 Å². The number of rotatable bonds is 0. The zero-order valence-corrected chi connectivity index (χ0v) is 15.6. The van der Waals surface area contributed by atoms with Gasteiger partial charge in [-0.2, -0.15) is 26.3 Å². The molecule has 8 heteroatoms. The average Bonchev–Trinajstić information content (AvgIpc) is 2.81. The van der Waals surface area contributed by atoms with Crippen molar-refractivity contribution in [3.63, 3.8) is 0 Å². The van der Waals surface area contributed by atoms with E-state index in [1.54, 1.807) is 34.7 Å². The van der Waals surface area contributed by atoms with Crippen LogP contribution in [0.1, 0.15) is 27.7 Å². The maximum absolute atomic E-state index is 14.6. The van der Waals surface area contributed by atoms with E-state index in [0.717, 1.165) is 0 Å². The van der Waals surface area contributed by atoms with Crippen LogP contribution < -0.4 is 0 Å². The maximum atomic E-state index is 14.6. The highest BCUT2D eigenvalue weighted by atomic mass is 32.2. The Labute approximate surface area is 151 Å².